The minimum atomic E-state index is -0.262. The van der Waals surface area contributed by atoms with Gasteiger partial charge in [-0.3, -0.25) is 0 Å². The van der Waals surface area contributed by atoms with E-state index in [1.807, 2.05) is 0 Å². The Kier molecular flexibility index (Phi) is 2.62. The third-order valence-electron chi connectivity index (χ3n) is 4.44. The molecule has 3 heterocycles. The Morgan fingerprint density at radius 3 is 2.95 bits per heavy atom. The Hall–Kier alpha value is -1.04. The average molecular weight is 259 g/mol. The molecule has 2 N–H and O–H groups in total. The summed E-state index contributed by atoms with van der Waals surface area (Å²) in [5.41, 5.74) is 11.0. The first kappa shape index (κ1) is 11.8. The minimum absolute atomic E-state index is 0.00875. The van der Waals surface area contributed by atoms with Crippen LogP contribution in [0.3, 0.4) is 0 Å². The summed E-state index contributed by atoms with van der Waals surface area (Å²) in [4.78, 5) is 0. The van der Waals surface area contributed by atoms with Crippen LogP contribution in [0, 0.1) is 5.92 Å². The smallest absolute Gasteiger partial charge is 0.495 e. The van der Waals surface area contributed by atoms with E-state index < -0.39 is 0 Å². The van der Waals surface area contributed by atoms with Gasteiger partial charge >= 0.3 is 7.12 Å². The van der Waals surface area contributed by atoms with Crippen molar-refractivity contribution in [2.75, 3.05) is 13.2 Å². The highest BCUT2D eigenvalue weighted by molar-refractivity contribution is 6.57. The fourth-order valence-electron chi connectivity index (χ4n) is 3.35. The summed E-state index contributed by atoms with van der Waals surface area (Å²) in [5, 5.41) is 0. The summed E-state index contributed by atoms with van der Waals surface area (Å²) in [6, 6.07) is 0. The molecule has 0 aromatic heterocycles. The van der Waals surface area contributed by atoms with Gasteiger partial charge in [-0.1, -0.05) is 0 Å². The maximum atomic E-state index is 6.08. The zero-order valence-corrected chi connectivity index (χ0v) is 11.1. The zero-order valence-electron chi connectivity index (χ0n) is 11.1. The molecule has 4 nitrogen and oxygen atoms in total. The highest BCUT2D eigenvalue weighted by atomic mass is 16.6. The van der Waals surface area contributed by atoms with Gasteiger partial charge in [0.2, 0.25) is 0 Å². The second-order valence-corrected chi connectivity index (χ2v) is 5.67. The van der Waals surface area contributed by atoms with Crippen LogP contribution in [0.5, 0.6) is 0 Å². The van der Waals surface area contributed by atoms with Crippen LogP contribution in [0.1, 0.15) is 19.8 Å². The molecule has 5 heteroatoms. The molecule has 1 saturated carbocycles. The summed E-state index contributed by atoms with van der Waals surface area (Å²) in [6.45, 7) is 3.17. The molecule has 2 atom stereocenters. The molecular formula is C14H18BNO3. The quantitative estimate of drug-likeness (QED) is 0.760. The molecule has 4 aliphatic rings. The van der Waals surface area contributed by atoms with Gasteiger partial charge in [0.15, 0.2) is 0 Å². The number of allylic oxidation sites excluding steroid dienone is 3. The van der Waals surface area contributed by atoms with Gasteiger partial charge in [-0.2, -0.15) is 0 Å². The SMILES string of the molecule is CC1OB2O[C@H](CN)C(C3CC3)=C3C=COCC1=C23. The Bertz CT molecular complexity index is 507. The van der Waals surface area contributed by atoms with Crippen LogP contribution in [-0.2, 0) is 14.0 Å². The third-order valence-corrected chi connectivity index (χ3v) is 4.44. The number of hydrogen-bond donors (Lipinski definition) is 1. The predicted octanol–water partition coefficient (Wildman–Crippen LogP) is 1.34. The van der Waals surface area contributed by atoms with Crippen LogP contribution < -0.4 is 5.73 Å². The highest BCUT2D eigenvalue weighted by Crippen LogP contribution is 2.47. The van der Waals surface area contributed by atoms with E-state index in [0.717, 1.165) is 0 Å². The van der Waals surface area contributed by atoms with Crippen LogP contribution in [0.4, 0.5) is 0 Å². The Morgan fingerprint density at radius 1 is 1.37 bits per heavy atom. The fraction of sp³-hybridized carbons (Fsp3) is 0.571. The van der Waals surface area contributed by atoms with Crippen molar-refractivity contribution < 1.29 is 14.0 Å². The van der Waals surface area contributed by atoms with E-state index in [0.29, 0.717) is 19.1 Å². The lowest BCUT2D eigenvalue weighted by Crippen LogP contribution is -2.40. The van der Waals surface area contributed by atoms with E-state index in [1.165, 1.54) is 35.0 Å². The van der Waals surface area contributed by atoms with Crippen LogP contribution in [-0.4, -0.2) is 32.5 Å². The van der Waals surface area contributed by atoms with E-state index >= 15 is 0 Å². The summed E-state index contributed by atoms with van der Waals surface area (Å²) in [6.07, 6.45) is 6.43. The van der Waals surface area contributed by atoms with Crippen LogP contribution >= 0.6 is 0 Å². The van der Waals surface area contributed by atoms with Crippen molar-refractivity contribution in [2.24, 2.45) is 11.7 Å². The molecule has 19 heavy (non-hydrogen) atoms. The molecule has 3 aliphatic heterocycles. The van der Waals surface area contributed by atoms with Crippen molar-refractivity contribution in [1.82, 2.24) is 0 Å². The fourth-order valence-corrected chi connectivity index (χ4v) is 3.35. The average Bonchev–Trinajstić information content (AvgIpc) is 3.19. The van der Waals surface area contributed by atoms with Crippen molar-refractivity contribution >= 4 is 7.12 Å². The van der Waals surface area contributed by atoms with Gasteiger partial charge in [0.05, 0.1) is 18.5 Å². The second-order valence-electron chi connectivity index (χ2n) is 5.67. The maximum absolute atomic E-state index is 6.08. The predicted molar refractivity (Wildman–Crippen MR) is 72.1 cm³/mol. The van der Waals surface area contributed by atoms with Crippen LogP contribution in [0.2, 0.25) is 0 Å². The van der Waals surface area contributed by atoms with Gasteiger partial charge in [0.25, 0.3) is 0 Å². The normalized spacial score (nSPS) is 33.5. The largest absolute Gasteiger partial charge is 0.497 e. The monoisotopic (exact) mass is 259 g/mol. The highest BCUT2D eigenvalue weighted by Gasteiger charge is 2.48. The Morgan fingerprint density at radius 2 is 2.21 bits per heavy atom. The molecule has 0 amide bonds. The van der Waals surface area contributed by atoms with Crippen LogP contribution in [0.25, 0.3) is 0 Å². The van der Waals surface area contributed by atoms with Gasteiger partial charge in [-0.25, -0.2) is 0 Å². The molecule has 0 bridgehead atoms. The molecule has 0 aromatic rings. The summed E-state index contributed by atoms with van der Waals surface area (Å²) in [7, 11) is -0.262. The van der Waals surface area contributed by atoms with E-state index in [2.05, 4.69) is 13.0 Å². The Labute approximate surface area is 113 Å². The van der Waals surface area contributed by atoms with Gasteiger partial charge in [0, 0.05) is 6.54 Å². The van der Waals surface area contributed by atoms with E-state index in [4.69, 9.17) is 19.8 Å². The van der Waals surface area contributed by atoms with Gasteiger partial charge in [-0.05, 0) is 54.0 Å². The van der Waals surface area contributed by atoms with Crippen LogP contribution in [0.15, 0.2) is 34.5 Å². The molecule has 0 saturated heterocycles. The van der Waals surface area contributed by atoms with Gasteiger partial charge in [0.1, 0.15) is 6.61 Å². The third kappa shape index (κ3) is 1.72. The molecular weight excluding hydrogens is 241 g/mol. The lowest BCUT2D eigenvalue weighted by atomic mass is 9.68. The molecule has 0 aromatic carbocycles. The van der Waals surface area contributed by atoms with Crippen molar-refractivity contribution in [2.45, 2.75) is 32.0 Å². The molecule has 1 unspecified atom stereocenters. The Balaban J connectivity index is 1.89. The number of rotatable bonds is 2. The second kappa shape index (κ2) is 4.23. The zero-order chi connectivity index (χ0) is 13.0. The number of nitrogens with two attached hydrogens (primary N) is 1. The summed E-state index contributed by atoms with van der Waals surface area (Å²) >= 11 is 0. The van der Waals surface area contributed by atoms with Gasteiger partial charge in [-0.15, -0.1) is 0 Å². The first-order valence-corrected chi connectivity index (χ1v) is 7.06. The van der Waals surface area contributed by atoms with E-state index in [9.17, 15) is 0 Å². The molecule has 100 valence electrons. The first-order valence-electron chi connectivity index (χ1n) is 7.06. The number of hydrogen-bond acceptors (Lipinski definition) is 4. The standard InChI is InChI=1S/C14H18BNO3/c1-8-11-7-17-5-4-10-13(9-2-3-9)12(6-16)19-15(18-8)14(10)11/h4-5,8-9,12H,2-3,6-7,16H2,1H3/t8?,12-/m1/s1. The molecule has 1 fully saturated rings. The molecule has 1 aliphatic carbocycles. The van der Waals surface area contributed by atoms with Crippen molar-refractivity contribution in [3.63, 3.8) is 0 Å². The van der Waals surface area contributed by atoms with Crippen molar-refractivity contribution in [3.8, 4) is 0 Å². The topological polar surface area (TPSA) is 53.7 Å². The number of ether oxygens (including phenoxy) is 1. The molecule has 4 rings (SSSR count). The molecule has 0 radical (unpaired) electrons. The van der Waals surface area contributed by atoms with E-state index in [-0.39, 0.29) is 19.3 Å². The lowest BCUT2D eigenvalue weighted by molar-refractivity contribution is 0.143. The van der Waals surface area contributed by atoms with Gasteiger partial charge < -0.3 is 19.8 Å². The lowest BCUT2D eigenvalue weighted by Gasteiger charge is -2.30. The summed E-state index contributed by atoms with van der Waals surface area (Å²) < 4.78 is 17.6. The van der Waals surface area contributed by atoms with Crippen molar-refractivity contribution in [1.29, 1.82) is 0 Å². The first-order chi connectivity index (χ1) is 9.29. The summed E-state index contributed by atoms with van der Waals surface area (Å²) in [5.74, 6) is 0.636. The van der Waals surface area contributed by atoms with Crippen molar-refractivity contribution in [3.05, 3.63) is 34.5 Å². The molecule has 0 spiro atoms. The maximum Gasteiger partial charge on any atom is 0.495 e. The minimum Gasteiger partial charge on any atom is -0.497 e. The van der Waals surface area contributed by atoms with E-state index in [1.54, 1.807) is 6.26 Å².